The molecule has 16 heavy (non-hydrogen) atoms. The van der Waals surface area contributed by atoms with Crippen molar-refractivity contribution in [2.24, 2.45) is 0 Å². The molecule has 4 nitrogen and oxygen atoms in total. The highest BCUT2D eigenvalue weighted by Crippen LogP contribution is 2.11. The van der Waals surface area contributed by atoms with Crippen molar-refractivity contribution in [1.82, 2.24) is 15.3 Å². The van der Waals surface area contributed by atoms with Crippen LogP contribution in [0.1, 0.15) is 18.4 Å². The van der Waals surface area contributed by atoms with Crippen LogP contribution in [-0.4, -0.2) is 16.5 Å². The number of hydrogen-bond donors (Lipinski definition) is 2. The highest BCUT2D eigenvalue weighted by Gasteiger charge is 1.97. The van der Waals surface area contributed by atoms with Crippen LogP contribution < -0.4 is 5.32 Å². The summed E-state index contributed by atoms with van der Waals surface area (Å²) in [5, 5.41) is 11.7. The molecule has 0 spiro atoms. The second-order valence-corrected chi connectivity index (χ2v) is 3.69. The van der Waals surface area contributed by atoms with Gasteiger partial charge in [0.05, 0.1) is 23.4 Å². The third-order valence-electron chi connectivity index (χ3n) is 2.46. The predicted octanol–water partition coefficient (Wildman–Crippen LogP) is 1.96. The van der Waals surface area contributed by atoms with Crippen LogP contribution >= 0.6 is 0 Å². The Balaban J connectivity index is 1.87. The quantitative estimate of drug-likeness (QED) is 0.748. The molecule has 0 atom stereocenters. The molecule has 0 saturated carbocycles. The number of H-pyrrole nitrogens is 1. The molecule has 0 amide bonds. The standard InChI is InChI=1S/C12H14N4/c13-5-1-2-6-14-8-10-3-4-11-12(7-10)16-9-15-11/h3-4,7,9,14H,1-2,6,8H2,(H,15,16). The third-order valence-corrected chi connectivity index (χ3v) is 2.46. The molecule has 1 aromatic carbocycles. The van der Waals surface area contributed by atoms with Crippen LogP contribution in [0, 0.1) is 11.3 Å². The van der Waals surface area contributed by atoms with E-state index in [0.29, 0.717) is 6.42 Å². The first-order valence-corrected chi connectivity index (χ1v) is 5.40. The summed E-state index contributed by atoms with van der Waals surface area (Å²) < 4.78 is 0. The smallest absolute Gasteiger partial charge is 0.0931 e. The lowest BCUT2D eigenvalue weighted by atomic mass is 10.2. The minimum Gasteiger partial charge on any atom is -0.345 e. The number of nitrogens with one attached hydrogen (secondary N) is 2. The molecule has 2 rings (SSSR count). The van der Waals surface area contributed by atoms with Crippen molar-refractivity contribution in [2.45, 2.75) is 19.4 Å². The molecule has 2 aromatic rings. The topological polar surface area (TPSA) is 64.5 Å². The Hall–Kier alpha value is -1.86. The first-order valence-electron chi connectivity index (χ1n) is 5.40. The Labute approximate surface area is 94.3 Å². The van der Waals surface area contributed by atoms with Crippen LogP contribution in [0.3, 0.4) is 0 Å². The Bertz CT molecular complexity index is 495. The number of fused-ring (bicyclic) bond motifs is 1. The van der Waals surface area contributed by atoms with E-state index in [-0.39, 0.29) is 0 Å². The summed E-state index contributed by atoms with van der Waals surface area (Å²) in [4.78, 5) is 7.26. The fraction of sp³-hybridized carbons (Fsp3) is 0.333. The molecule has 0 aliphatic carbocycles. The monoisotopic (exact) mass is 214 g/mol. The van der Waals surface area contributed by atoms with Gasteiger partial charge in [-0.25, -0.2) is 4.98 Å². The Kier molecular flexibility index (Phi) is 3.52. The molecule has 0 aliphatic heterocycles. The van der Waals surface area contributed by atoms with Gasteiger partial charge in [0.2, 0.25) is 0 Å². The number of imidazole rings is 1. The molecule has 0 fully saturated rings. The molecular formula is C12H14N4. The molecule has 4 heteroatoms. The predicted molar refractivity (Wildman–Crippen MR) is 62.6 cm³/mol. The second kappa shape index (κ2) is 5.29. The molecule has 2 N–H and O–H groups in total. The van der Waals surface area contributed by atoms with Crippen molar-refractivity contribution < 1.29 is 0 Å². The number of hydrogen-bond acceptors (Lipinski definition) is 3. The second-order valence-electron chi connectivity index (χ2n) is 3.69. The minimum absolute atomic E-state index is 0.618. The van der Waals surface area contributed by atoms with Gasteiger partial charge in [-0.05, 0) is 30.7 Å². The summed E-state index contributed by atoms with van der Waals surface area (Å²) in [6.45, 7) is 1.72. The number of unbranched alkanes of at least 4 members (excludes halogenated alkanes) is 1. The number of nitrogens with zero attached hydrogens (tertiary/aromatic N) is 2. The van der Waals surface area contributed by atoms with Gasteiger partial charge in [-0.2, -0.15) is 5.26 Å². The van der Waals surface area contributed by atoms with E-state index in [4.69, 9.17) is 5.26 Å². The maximum atomic E-state index is 8.39. The Morgan fingerprint density at radius 2 is 2.38 bits per heavy atom. The van der Waals surface area contributed by atoms with Crippen LogP contribution in [0.2, 0.25) is 0 Å². The molecule has 0 aliphatic rings. The number of aromatic amines is 1. The Morgan fingerprint density at radius 3 is 3.25 bits per heavy atom. The summed E-state index contributed by atoms with van der Waals surface area (Å²) in [6.07, 6.45) is 3.23. The fourth-order valence-corrected chi connectivity index (χ4v) is 1.62. The number of nitriles is 1. The average molecular weight is 214 g/mol. The van der Waals surface area contributed by atoms with Crippen molar-refractivity contribution in [2.75, 3.05) is 6.54 Å². The maximum absolute atomic E-state index is 8.39. The molecular weight excluding hydrogens is 200 g/mol. The van der Waals surface area contributed by atoms with Crippen LogP contribution in [0.15, 0.2) is 24.5 Å². The summed E-state index contributed by atoms with van der Waals surface area (Å²) in [6, 6.07) is 8.31. The van der Waals surface area contributed by atoms with Crippen LogP contribution in [0.4, 0.5) is 0 Å². The van der Waals surface area contributed by atoms with Crippen molar-refractivity contribution in [3.8, 4) is 6.07 Å². The van der Waals surface area contributed by atoms with Crippen molar-refractivity contribution in [3.05, 3.63) is 30.1 Å². The van der Waals surface area contributed by atoms with E-state index in [1.165, 1.54) is 5.56 Å². The third kappa shape index (κ3) is 2.59. The van der Waals surface area contributed by atoms with Gasteiger partial charge >= 0.3 is 0 Å². The summed E-state index contributed by atoms with van der Waals surface area (Å²) in [7, 11) is 0. The summed E-state index contributed by atoms with van der Waals surface area (Å²) in [5.74, 6) is 0. The zero-order valence-corrected chi connectivity index (χ0v) is 9.03. The number of rotatable bonds is 5. The largest absolute Gasteiger partial charge is 0.345 e. The van der Waals surface area contributed by atoms with Crippen molar-refractivity contribution in [3.63, 3.8) is 0 Å². The van der Waals surface area contributed by atoms with Gasteiger partial charge in [0.15, 0.2) is 0 Å². The van der Waals surface area contributed by atoms with E-state index in [9.17, 15) is 0 Å². The normalized spacial score (nSPS) is 10.4. The van der Waals surface area contributed by atoms with E-state index in [1.807, 2.05) is 6.07 Å². The molecule has 0 saturated heterocycles. The van der Waals surface area contributed by atoms with E-state index in [1.54, 1.807) is 6.33 Å². The van der Waals surface area contributed by atoms with Gasteiger partial charge < -0.3 is 10.3 Å². The van der Waals surface area contributed by atoms with Crippen LogP contribution in [-0.2, 0) is 6.54 Å². The number of aromatic nitrogens is 2. The van der Waals surface area contributed by atoms with E-state index >= 15 is 0 Å². The average Bonchev–Trinajstić information content (AvgIpc) is 2.76. The van der Waals surface area contributed by atoms with E-state index < -0.39 is 0 Å². The first kappa shape index (κ1) is 10.7. The highest BCUT2D eigenvalue weighted by molar-refractivity contribution is 5.74. The summed E-state index contributed by atoms with van der Waals surface area (Å²) in [5.41, 5.74) is 3.29. The molecule has 0 unspecified atom stereocenters. The molecule has 0 radical (unpaired) electrons. The van der Waals surface area contributed by atoms with Crippen LogP contribution in [0.25, 0.3) is 11.0 Å². The highest BCUT2D eigenvalue weighted by atomic mass is 14.9. The van der Waals surface area contributed by atoms with Gasteiger partial charge in [0.1, 0.15) is 0 Å². The van der Waals surface area contributed by atoms with E-state index in [0.717, 1.165) is 30.5 Å². The van der Waals surface area contributed by atoms with Crippen molar-refractivity contribution >= 4 is 11.0 Å². The number of benzene rings is 1. The Morgan fingerprint density at radius 1 is 1.44 bits per heavy atom. The van der Waals surface area contributed by atoms with Gasteiger partial charge in [-0.15, -0.1) is 0 Å². The maximum Gasteiger partial charge on any atom is 0.0931 e. The van der Waals surface area contributed by atoms with Gasteiger partial charge in [0.25, 0.3) is 0 Å². The zero-order valence-electron chi connectivity index (χ0n) is 9.03. The van der Waals surface area contributed by atoms with Gasteiger partial charge in [-0.3, -0.25) is 0 Å². The molecule has 82 valence electrons. The van der Waals surface area contributed by atoms with Crippen molar-refractivity contribution in [1.29, 1.82) is 5.26 Å². The first-order chi connectivity index (χ1) is 7.90. The summed E-state index contributed by atoms with van der Waals surface area (Å²) >= 11 is 0. The van der Waals surface area contributed by atoms with Gasteiger partial charge in [0, 0.05) is 13.0 Å². The lowest BCUT2D eigenvalue weighted by Gasteiger charge is -2.03. The van der Waals surface area contributed by atoms with Gasteiger partial charge in [-0.1, -0.05) is 6.07 Å². The zero-order chi connectivity index (χ0) is 11.2. The lowest BCUT2D eigenvalue weighted by molar-refractivity contribution is 0.658. The minimum atomic E-state index is 0.618. The molecule has 0 bridgehead atoms. The fourth-order valence-electron chi connectivity index (χ4n) is 1.62. The lowest BCUT2D eigenvalue weighted by Crippen LogP contribution is -2.14. The molecule has 1 heterocycles. The van der Waals surface area contributed by atoms with Crippen LogP contribution in [0.5, 0.6) is 0 Å². The molecule has 1 aromatic heterocycles. The van der Waals surface area contributed by atoms with E-state index in [2.05, 4.69) is 33.5 Å². The SMILES string of the molecule is N#CCCCNCc1ccc2nc[nH]c2c1.